The number of hydrogen-bond donors (Lipinski definition) is 1. The lowest BCUT2D eigenvalue weighted by molar-refractivity contribution is 0.0701. The Balaban J connectivity index is 2.45. The second-order valence-electron chi connectivity index (χ2n) is 5.24. The maximum atomic E-state index is 11.1. The molecule has 0 aliphatic heterocycles. The smallest absolute Gasteiger partial charge is 0.347 e. The van der Waals surface area contributed by atoms with Crippen LogP contribution in [0.15, 0.2) is 6.07 Å². The van der Waals surface area contributed by atoms with Crippen LogP contribution in [0.4, 0.5) is 0 Å². The van der Waals surface area contributed by atoms with Gasteiger partial charge >= 0.3 is 5.97 Å². The van der Waals surface area contributed by atoms with E-state index in [9.17, 15) is 4.79 Å². The zero-order valence-corrected chi connectivity index (χ0v) is 13.3. The van der Waals surface area contributed by atoms with E-state index in [1.54, 1.807) is 6.92 Å². The molecule has 1 aromatic carbocycles. The molecule has 2 rings (SSSR count). The van der Waals surface area contributed by atoms with E-state index in [0.29, 0.717) is 17.0 Å². The number of thiazole rings is 1. The van der Waals surface area contributed by atoms with Crippen molar-refractivity contribution in [2.24, 2.45) is 0 Å². The zero-order valence-electron chi connectivity index (χ0n) is 12.5. The Morgan fingerprint density at radius 1 is 1.15 bits per heavy atom. The third kappa shape index (κ3) is 2.61. The van der Waals surface area contributed by atoms with Gasteiger partial charge in [0.2, 0.25) is 0 Å². The lowest BCUT2D eigenvalue weighted by Crippen LogP contribution is -2.00. The predicted molar refractivity (Wildman–Crippen MR) is 82.0 cm³/mol. The molecule has 0 unspecified atom stereocenters. The summed E-state index contributed by atoms with van der Waals surface area (Å²) in [4.78, 5) is 15.9. The topological polar surface area (TPSA) is 50.2 Å². The first kappa shape index (κ1) is 14.7. The second-order valence-corrected chi connectivity index (χ2v) is 6.33. The number of benzene rings is 1. The van der Waals surface area contributed by atoms with Crippen molar-refractivity contribution in [2.75, 3.05) is 0 Å². The Hall–Kier alpha value is -1.68. The zero-order chi connectivity index (χ0) is 15.0. The Bertz CT molecular complexity index is 660. The minimum Gasteiger partial charge on any atom is -0.477 e. The van der Waals surface area contributed by atoms with Crippen molar-refractivity contribution < 1.29 is 9.90 Å². The van der Waals surface area contributed by atoms with Gasteiger partial charge < -0.3 is 5.11 Å². The van der Waals surface area contributed by atoms with Crippen LogP contribution in [0.2, 0.25) is 0 Å². The molecule has 20 heavy (non-hydrogen) atoms. The fourth-order valence-electron chi connectivity index (χ4n) is 2.44. The molecule has 0 fully saturated rings. The molecule has 2 aromatic rings. The quantitative estimate of drug-likeness (QED) is 0.930. The van der Waals surface area contributed by atoms with Crippen LogP contribution >= 0.6 is 11.3 Å². The summed E-state index contributed by atoms with van der Waals surface area (Å²) < 4.78 is 0. The van der Waals surface area contributed by atoms with Crippen molar-refractivity contribution in [1.82, 2.24) is 4.98 Å². The summed E-state index contributed by atoms with van der Waals surface area (Å²) in [7, 11) is 0. The van der Waals surface area contributed by atoms with Crippen molar-refractivity contribution in [1.29, 1.82) is 0 Å². The van der Waals surface area contributed by atoms with Gasteiger partial charge in [-0.2, -0.15) is 0 Å². The van der Waals surface area contributed by atoms with Gasteiger partial charge in [0.05, 0.1) is 10.7 Å². The van der Waals surface area contributed by atoms with Gasteiger partial charge in [0.15, 0.2) is 0 Å². The molecule has 0 saturated heterocycles. The summed E-state index contributed by atoms with van der Waals surface area (Å²) >= 11 is 1.28. The van der Waals surface area contributed by atoms with Crippen molar-refractivity contribution in [3.8, 4) is 0 Å². The van der Waals surface area contributed by atoms with Gasteiger partial charge in [0.1, 0.15) is 4.88 Å². The van der Waals surface area contributed by atoms with E-state index < -0.39 is 5.97 Å². The Labute approximate surface area is 123 Å². The molecule has 0 atom stereocenters. The molecule has 1 aromatic heterocycles. The van der Waals surface area contributed by atoms with Gasteiger partial charge in [-0.1, -0.05) is 6.07 Å². The fourth-order valence-corrected chi connectivity index (χ4v) is 3.36. The fraction of sp³-hybridized carbons (Fsp3) is 0.375. The van der Waals surface area contributed by atoms with Gasteiger partial charge in [-0.05, 0) is 62.4 Å². The first-order valence-corrected chi connectivity index (χ1v) is 7.38. The lowest BCUT2D eigenvalue weighted by atomic mass is 9.92. The number of aromatic nitrogens is 1. The molecule has 1 N–H and O–H groups in total. The summed E-state index contributed by atoms with van der Waals surface area (Å²) in [5, 5.41) is 9.98. The monoisotopic (exact) mass is 289 g/mol. The first-order valence-electron chi connectivity index (χ1n) is 6.57. The van der Waals surface area contributed by atoms with Crippen LogP contribution in [0.25, 0.3) is 0 Å². The molecular formula is C16H19NO2S. The number of rotatable bonds is 3. The summed E-state index contributed by atoms with van der Waals surface area (Å²) in [6.07, 6.45) is 0.707. The van der Waals surface area contributed by atoms with E-state index in [0.717, 1.165) is 5.01 Å². The summed E-state index contributed by atoms with van der Waals surface area (Å²) in [5.74, 6) is -0.889. The van der Waals surface area contributed by atoms with Crippen LogP contribution in [0.1, 0.15) is 48.2 Å². The van der Waals surface area contributed by atoms with E-state index in [1.165, 1.54) is 39.2 Å². The number of carboxylic acid groups (broad SMARTS) is 1. The second kappa shape index (κ2) is 5.37. The molecule has 0 saturated carbocycles. The molecular weight excluding hydrogens is 270 g/mol. The van der Waals surface area contributed by atoms with E-state index in [-0.39, 0.29) is 0 Å². The maximum Gasteiger partial charge on any atom is 0.347 e. The summed E-state index contributed by atoms with van der Waals surface area (Å²) in [5.41, 5.74) is 6.98. The van der Waals surface area contributed by atoms with Gasteiger partial charge in [-0.3, -0.25) is 0 Å². The molecule has 106 valence electrons. The molecule has 0 spiro atoms. The molecule has 4 heteroatoms. The van der Waals surface area contributed by atoms with Crippen molar-refractivity contribution >= 4 is 17.3 Å². The van der Waals surface area contributed by atoms with Crippen LogP contribution in [-0.2, 0) is 6.42 Å². The van der Waals surface area contributed by atoms with Crippen LogP contribution < -0.4 is 0 Å². The van der Waals surface area contributed by atoms with E-state index in [1.807, 2.05) is 0 Å². The van der Waals surface area contributed by atoms with Crippen LogP contribution in [-0.4, -0.2) is 16.1 Å². The van der Waals surface area contributed by atoms with Crippen LogP contribution in [0, 0.1) is 34.6 Å². The largest absolute Gasteiger partial charge is 0.477 e. The average Bonchev–Trinajstić information content (AvgIpc) is 2.73. The van der Waals surface area contributed by atoms with E-state index in [4.69, 9.17) is 5.11 Å². The molecule has 0 amide bonds. The number of carboxylic acids is 1. The number of aryl methyl sites for hydroxylation is 3. The normalized spacial score (nSPS) is 10.8. The molecule has 0 bridgehead atoms. The standard InChI is InChI=1S/C16H19NO2S/c1-8-6-9(2)11(4)13(10(8)3)7-14-17-12(5)15(20-14)16(18)19/h6H,7H2,1-5H3,(H,18,19). The van der Waals surface area contributed by atoms with Crippen molar-refractivity contribution in [3.05, 3.63) is 49.5 Å². The minimum atomic E-state index is -0.889. The van der Waals surface area contributed by atoms with Crippen LogP contribution in [0.3, 0.4) is 0 Å². The maximum absolute atomic E-state index is 11.1. The Morgan fingerprint density at radius 2 is 1.70 bits per heavy atom. The third-order valence-electron chi connectivity index (χ3n) is 3.88. The van der Waals surface area contributed by atoms with Gasteiger partial charge in [-0.25, -0.2) is 9.78 Å². The van der Waals surface area contributed by atoms with Crippen LogP contribution in [0.5, 0.6) is 0 Å². The predicted octanol–water partition coefficient (Wildman–Crippen LogP) is 3.97. The third-order valence-corrected chi connectivity index (χ3v) is 5.03. The molecule has 0 aliphatic rings. The summed E-state index contributed by atoms with van der Waals surface area (Å²) in [6, 6.07) is 2.20. The van der Waals surface area contributed by atoms with E-state index in [2.05, 4.69) is 38.7 Å². The molecule has 0 radical (unpaired) electrons. The Morgan fingerprint density at radius 3 is 2.15 bits per heavy atom. The number of carbonyl (C=O) groups is 1. The number of nitrogens with zero attached hydrogens (tertiary/aromatic N) is 1. The number of aromatic carboxylic acids is 1. The molecule has 0 aliphatic carbocycles. The minimum absolute atomic E-state index is 0.347. The summed E-state index contributed by atoms with van der Waals surface area (Å²) in [6.45, 7) is 10.2. The highest BCUT2D eigenvalue weighted by molar-refractivity contribution is 7.13. The lowest BCUT2D eigenvalue weighted by Gasteiger charge is -2.14. The van der Waals surface area contributed by atoms with Crippen molar-refractivity contribution in [3.63, 3.8) is 0 Å². The average molecular weight is 289 g/mol. The van der Waals surface area contributed by atoms with Gasteiger partial charge in [0.25, 0.3) is 0 Å². The number of hydrogen-bond acceptors (Lipinski definition) is 3. The highest BCUT2D eigenvalue weighted by atomic mass is 32.1. The van der Waals surface area contributed by atoms with Gasteiger partial charge in [-0.15, -0.1) is 11.3 Å². The van der Waals surface area contributed by atoms with E-state index >= 15 is 0 Å². The SMILES string of the molecule is Cc1cc(C)c(C)c(Cc2nc(C)c(C(=O)O)s2)c1C. The highest BCUT2D eigenvalue weighted by Gasteiger charge is 2.16. The van der Waals surface area contributed by atoms with Crippen molar-refractivity contribution in [2.45, 2.75) is 41.0 Å². The van der Waals surface area contributed by atoms with Gasteiger partial charge in [0, 0.05) is 6.42 Å². The molecule has 1 heterocycles. The highest BCUT2D eigenvalue weighted by Crippen LogP contribution is 2.27. The molecule has 3 nitrogen and oxygen atoms in total. The Kier molecular flexibility index (Phi) is 3.95. The first-order chi connectivity index (χ1) is 9.31.